The molecule has 0 aliphatic carbocycles. The molecular weight excluding hydrogens is 221 g/mol. The summed E-state index contributed by atoms with van der Waals surface area (Å²) in [5.74, 6) is 0. The summed E-state index contributed by atoms with van der Waals surface area (Å²) in [7, 11) is 0. The predicted octanol–water partition coefficient (Wildman–Crippen LogP) is 3.12. The largest absolute Gasteiger partial charge is 0.363 e. The predicted molar refractivity (Wildman–Crippen MR) is 46.4 cm³/mol. The topological polar surface area (TPSA) is 12.0 Å². The fourth-order valence-corrected chi connectivity index (χ4v) is 1.98. The molecule has 0 aliphatic rings. The van der Waals surface area contributed by atoms with Gasteiger partial charge in [0.2, 0.25) is 0 Å². The quantitative estimate of drug-likeness (QED) is 0.603. The molecule has 0 saturated carbocycles. The lowest BCUT2D eigenvalue weighted by atomic mass is 10.6. The molecule has 4 heteroatoms. The van der Waals surface area contributed by atoms with Crippen LogP contribution in [-0.2, 0) is 0 Å². The molecule has 0 atom stereocenters. The van der Waals surface area contributed by atoms with Gasteiger partial charge in [-0.3, -0.25) is 0 Å². The number of halogens is 2. The van der Waals surface area contributed by atoms with Gasteiger partial charge in [0.05, 0.1) is 14.8 Å². The Morgan fingerprint density at radius 3 is 2.89 bits per heavy atom. The minimum atomic E-state index is 0.465. The summed E-state index contributed by atoms with van der Waals surface area (Å²) in [6.07, 6.45) is 0. The van der Waals surface area contributed by atoms with E-state index in [0.29, 0.717) is 6.00 Å². The van der Waals surface area contributed by atoms with E-state index in [2.05, 4.69) is 21.2 Å². The van der Waals surface area contributed by atoms with Gasteiger partial charge in [-0.25, -0.2) is 0 Å². The summed E-state index contributed by atoms with van der Waals surface area (Å²) in [6.45, 7) is 0. The highest BCUT2D eigenvalue weighted by Crippen LogP contribution is 2.26. The van der Waals surface area contributed by atoms with Crippen LogP contribution in [0.3, 0.4) is 0 Å². The first-order valence-electron chi connectivity index (χ1n) is 2.38. The van der Waals surface area contributed by atoms with E-state index in [1.807, 2.05) is 12.1 Å². The summed E-state index contributed by atoms with van der Waals surface area (Å²) in [6, 6.07) is 4.43. The van der Waals surface area contributed by atoms with Crippen LogP contribution in [0.15, 0.2) is 15.9 Å². The molecule has 1 aromatic rings. The molecule has 0 amide bonds. The van der Waals surface area contributed by atoms with Crippen LogP contribution < -0.4 is 5.32 Å². The highest BCUT2D eigenvalue weighted by atomic mass is 79.9. The van der Waals surface area contributed by atoms with E-state index >= 15 is 0 Å². The Hall–Kier alpha value is 0.270. The zero-order valence-electron chi connectivity index (χ0n) is 4.53. The third-order valence-electron chi connectivity index (χ3n) is 0.814. The zero-order valence-corrected chi connectivity index (χ0v) is 7.68. The standard InChI is InChI=1S/C5H5BrClNS/c6-4-1-2-5(9-4)8-3-7/h1-2,8H,3H2. The van der Waals surface area contributed by atoms with E-state index in [4.69, 9.17) is 11.6 Å². The van der Waals surface area contributed by atoms with Crippen molar-refractivity contribution in [3.63, 3.8) is 0 Å². The van der Waals surface area contributed by atoms with Crippen molar-refractivity contribution in [2.45, 2.75) is 0 Å². The van der Waals surface area contributed by atoms with Crippen molar-refractivity contribution in [2.24, 2.45) is 0 Å². The monoisotopic (exact) mass is 225 g/mol. The van der Waals surface area contributed by atoms with Gasteiger partial charge < -0.3 is 5.32 Å². The number of anilines is 1. The van der Waals surface area contributed by atoms with Gasteiger partial charge in [0.15, 0.2) is 0 Å². The van der Waals surface area contributed by atoms with Gasteiger partial charge in [-0.2, -0.15) is 0 Å². The van der Waals surface area contributed by atoms with Crippen LogP contribution in [0.25, 0.3) is 0 Å². The zero-order chi connectivity index (χ0) is 6.69. The Labute approximate surface area is 71.2 Å². The van der Waals surface area contributed by atoms with Crippen molar-refractivity contribution in [1.29, 1.82) is 0 Å². The molecule has 0 radical (unpaired) electrons. The number of nitrogens with one attached hydrogen (secondary N) is 1. The van der Waals surface area contributed by atoms with E-state index < -0.39 is 0 Å². The molecule has 1 nitrogen and oxygen atoms in total. The van der Waals surface area contributed by atoms with E-state index in [-0.39, 0.29) is 0 Å². The van der Waals surface area contributed by atoms with Gasteiger partial charge in [0.1, 0.15) is 0 Å². The van der Waals surface area contributed by atoms with Crippen molar-refractivity contribution in [2.75, 3.05) is 11.3 Å². The number of thiophene rings is 1. The molecule has 0 fully saturated rings. The van der Waals surface area contributed by atoms with Gasteiger partial charge >= 0.3 is 0 Å². The van der Waals surface area contributed by atoms with Crippen molar-refractivity contribution in [1.82, 2.24) is 0 Å². The summed E-state index contributed by atoms with van der Waals surface area (Å²) in [5.41, 5.74) is 0. The van der Waals surface area contributed by atoms with E-state index in [1.54, 1.807) is 11.3 Å². The number of rotatable bonds is 2. The molecule has 1 heterocycles. The van der Waals surface area contributed by atoms with Crippen LogP contribution in [0.2, 0.25) is 0 Å². The normalized spacial score (nSPS) is 9.56. The van der Waals surface area contributed by atoms with Crippen molar-refractivity contribution < 1.29 is 0 Å². The maximum absolute atomic E-state index is 5.43. The Bertz CT molecular complexity index is 189. The Kier molecular flexibility index (Phi) is 2.82. The average Bonchev–Trinajstić information content (AvgIpc) is 2.17. The van der Waals surface area contributed by atoms with Crippen LogP contribution >= 0.6 is 38.9 Å². The molecule has 0 bridgehead atoms. The van der Waals surface area contributed by atoms with E-state index in [1.165, 1.54) is 0 Å². The second-order valence-corrected chi connectivity index (χ2v) is 4.14. The molecule has 1 aromatic heterocycles. The average molecular weight is 227 g/mol. The minimum absolute atomic E-state index is 0.465. The van der Waals surface area contributed by atoms with Gasteiger partial charge in [0, 0.05) is 0 Å². The molecule has 0 unspecified atom stereocenters. The SMILES string of the molecule is ClCNc1ccc(Br)s1. The van der Waals surface area contributed by atoms with Crippen molar-refractivity contribution in [3.05, 3.63) is 15.9 Å². The number of hydrogen-bond acceptors (Lipinski definition) is 2. The lowest BCUT2D eigenvalue weighted by Crippen LogP contribution is -1.89. The molecule has 0 aromatic carbocycles. The molecule has 1 N–H and O–H groups in total. The number of alkyl halides is 1. The molecule has 9 heavy (non-hydrogen) atoms. The molecule has 0 saturated heterocycles. The van der Waals surface area contributed by atoms with Crippen LogP contribution in [-0.4, -0.2) is 6.00 Å². The van der Waals surface area contributed by atoms with Crippen molar-refractivity contribution in [3.8, 4) is 0 Å². The lowest BCUT2D eigenvalue weighted by Gasteiger charge is -1.92. The fourth-order valence-electron chi connectivity index (χ4n) is 0.475. The van der Waals surface area contributed by atoms with Gasteiger partial charge in [0.25, 0.3) is 0 Å². The maximum atomic E-state index is 5.43. The van der Waals surface area contributed by atoms with Crippen molar-refractivity contribution >= 4 is 43.9 Å². The van der Waals surface area contributed by atoms with Gasteiger partial charge in [-0.15, -0.1) is 22.9 Å². The smallest absolute Gasteiger partial charge is 0.0908 e. The third kappa shape index (κ3) is 2.16. The Balaban J connectivity index is 2.61. The second kappa shape index (κ2) is 3.44. The summed E-state index contributed by atoms with van der Waals surface area (Å²) >= 11 is 10.4. The third-order valence-corrected chi connectivity index (χ3v) is 2.53. The molecule has 1 rings (SSSR count). The van der Waals surface area contributed by atoms with Gasteiger partial charge in [-0.1, -0.05) is 0 Å². The highest BCUT2D eigenvalue weighted by molar-refractivity contribution is 9.11. The van der Waals surface area contributed by atoms with E-state index in [9.17, 15) is 0 Å². The lowest BCUT2D eigenvalue weighted by molar-refractivity contribution is 1.51. The first-order valence-corrected chi connectivity index (χ1v) is 4.52. The van der Waals surface area contributed by atoms with Crippen LogP contribution in [0.1, 0.15) is 0 Å². The second-order valence-electron chi connectivity index (χ2n) is 1.41. The Morgan fingerprint density at radius 2 is 2.44 bits per heavy atom. The fraction of sp³-hybridized carbons (Fsp3) is 0.200. The first-order chi connectivity index (χ1) is 4.33. The molecular formula is C5H5BrClNS. The Morgan fingerprint density at radius 1 is 1.67 bits per heavy atom. The van der Waals surface area contributed by atoms with Crippen LogP contribution in [0.5, 0.6) is 0 Å². The van der Waals surface area contributed by atoms with Crippen LogP contribution in [0.4, 0.5) is 5.00 Å². The van der Waals surface area contributed by atoms with E-state index in [0.717, 1.165) is 8.79 Å². The first kappa shape index (κ1) is 7.38. The molecule has 50 valence electrons. The van der Waals surface area contributed by atoms with Crippen LogP contribution in [0, 0.1) is 0 Å². The highest BCUT2D eigenvalue weighted by Gasteiger charge is 1.92. The number of hydrogen-bond donors (Lipinski definition) is 1. The molecule has 0 aliphatic heterocycles. The summed E-state index contributed by atoms with van der Waals surface area (Å²) < 4.78 is 1.12. The van der Waals surface area contributed by atoms with Gasteiger partial charge in [-0.05, 0) is 28.1 Å². The summed E-state index contributed by atoms with van der Waals surface area (Å²) in [5, 5.41) is 4.08. The summed E-state index contributed by atoms with van der Waals surface area (Å²) in [4.78, 5) is 0. The minimum Gasteiger partial charge on any atom is -0.363 e. The molecule has 0 spiro atoms. The maximum Gasteiger partial charge on any atom is 0.0908 e.